The molecule has 0 bridgehead atoms. The summed E-state index contributed by atoms with van der Waals surface area (Å²) in [4.78, 5) is 22.3. The zero-order valence-corrected chi connectivity index (χ0v) is 9.58. The fraction of sp³-hybridized carbons (Fsp3) is 0.333. The van der Waals surface area contributed by atoms with Crippen LogP contribution in [0.15, 0.2) is 18.2 Å². The van der Waals surface area contributed by atoms with Gasteiger partial charge in [-0.3, -0.25) is 9.59 Å². The maximum absolute atomic E-state index is 11.1. The number of hydrogen-bond donors (Lipinski definition) is 2. The average Bonchev–Trinajstić information content (AvgIpc) is 2.35. The highest BCUT2D eigenvalue weighted by atomic mass is 16.5. The molecule has 0 aliphatic carbocycles. The molecular formula is C12H14N2O3. The van der Waals surface area contributed by atoms with Crippen molar-refractivity contribution in [1.29, 1.82) is 0 Å². The van der Waals surface area contributed by atoms with Gasteiger partial charge in [-0.1, -0.05) is 13.0 Å². The van der Waals surface area contributed by atoms with Crippen molar-refractivity contribution in [3.8, 4) is 5.75 Å². The molecule has 1 aromatic carbocycles. The van der Waals surface area contributed by atoms with Crippen LogP contribution in [0.25, 0.3) is 0 Å². The monoisotopic (exact) mass is 234 g/mol. The second kappa shape index (κ2) is 4.86. The van der Waals surface area contributed by atoms with Crippen LogP contribution in [0.4, 0.5) is 5.69 Å². The van der Waals surface area contributed by atoms with E-state index < -0.39 is 0 Å². The molecule has 0 saturated carbocycles. The molecule has 0 unspecified atom stereocenters. The van der Waals surface area contributed by atoms with Crippen molar-refractivity contribution in [2.24, 2.45) is 0 Å². The van der Waals surface area contributed by atoms with E-state index in [9.17, 15) is 9.59 Å². The van der Waals surface area contributed by atoms with Gasteiger partial charge in [0.1, 0.15) is 5.75 Å². The average molecular weight is 234 g/mol. The number of ether oxygens (including phenoxy) is 1. The van der Waals surface area contributed by atoms with E-state index in [4.69, 9.17) is 4.74 Å². The first-order valence-electron chi connectivity index (χ1n) is 5.51. The summed E-state index contributed by atoms with van der Waals surface area (Å²) >= 11 is 0. The van der Waals surface area contributed by atoms with Crippen molar-refractivity contribution < 1.29 is 14.3 Å². The summed E-state index contributed by atoms with van der Waals surface area (Å²) in [6.45, 7) is 2.31. The summed E-state index contributed by atoms with van der Waals surface area (Å²) < 4.78 is 5.24. The van der Waals surface area contributed by atoms with Gasteiger partial charge >= 0.3 is 0 Å². The van der Waals surface area contributed by atoms with Gasteiger partial charge < -0.3 is 15.4 Å². The molecule has 17 heavy (non-hydrogen) atoms. The number of amides is 2. The van der Waals surface area contributed by atoms with Gasteiger partial charge in [0.15, 0.2) is 6.61 Å². The molecule has 2 N–H and O–H groups in total. The van der Waals surface area contributed by atoms with E-state index in [0.29, 0.717) is 24.4 Å². The third-order valence-corrected chi connectivity index (χ3v) is 2.49. The Kier molecular flexibility index (Phi) is 3.27. The summed E-state index contributed by atoms with van der Waals surface area (Å²) in [7, 11) is 0. The molecule has 5 nitrogen and oxygen atoms in total. The summed E-state index contributed by atoms with van der Waals surface area (Å²) in [5.74, 6) is 0.505. The predicted octanol–water partition coefficient (Wildman–Crippen LogP) is 1.04. The normalized spacial score (nSPS) is 13.4. The van der Waals surface area contributed by atoms with Gasteiger partial charge in [0.2, 0.25) is 5.91 Å². The molecule has 5 heteroatoms. The number of anilines is 1. The summed E-state index contributed by atoms with van der Waals surface area (Å²) in [5.41, 5.74) is 1.58. The second-order valence-corrected chi connectivity index (χ2v) is 3.80. The fourth-order valence-electron chi connectivity index (χ4n) is 1.57. The first-order chi connectivity index (χ1) is 8.19. The van der Waals surface area contributed by atoms with Crippen molar-refractivity contribution >= 4 is 17.5 Å². The van der Waals surface area contributed by atoms with E-state index in [2.05, 4.69) is 10.6 Å². The van der Waals surface area contributed by atoms with Gasteiger partial charge in [-0.05, 0) is 17.7 Å². The highest BCUT2D eigenvalue weighted by Crippen LogP contribution is 2.28. The lowest BCUT2D eigenvalue weighted by Gasteiger charge is -2.18. The minimum Gasteiger partial charge on any atom is -0.482 e. The highest BCUT2D eigenvalue weighted by molar-refractivity contribution is 5.95. The first kappa shape index (κ1) is 11.4. The van der Waals surface area contributed by atoms with Crippen LogP contribution in [-0.4, -0.2) is 18.4 Å². The number of fused-ring (bicyclic) bond motifs is 1. The van der Waals surface area contributed by atoms with Gasteiger partial charge in [0, 0.05) is 13.0 Å². The molecule has 1 heterocycles. The van der Waals surface area contributed by atoms with Crippen molar-refractivity contribution in [2.75, 3.05) is 11.9 Å². The molecule has 1 aliphatic heterocycles. The molecule has 0 aromatic heterocycles. The van der Waals surface area contributed by atoms with Crippen molar-refractivity contribution in [1.82, 2.24) is 5.32 Å². The third kappa shape index (κ3) is 2.75. The molecule has 0 saturated heterocycles. The van der Waals surface area contributed by atoms with Crippen LogP contribution >= 0.6 is 0 Å². The Hall–Kier alpha value is -2.04. The summed E-state index contributed by atoms with van der Waals surface area (Å²) in [6, 6.07) is 5.47. The minimum atomic E-state index is -0.160. The lowest BCUT2D eigenvalue weighted by atomic mass is 10.1. The van der Waals surface area contributed by atoms with Crippen molar-refractivity contribution in [3.05, 3.63) is 23.8 Å². The lowest BCUT2D eigenvalue weighted by molar-refractivity contribution is -0.121. The van der Waals surface area contributed by atoms with Crippen LogP contribution in [0.3, 0.4) is 0 Å². The second-order valence-electron chi connectivity index (χ2n) is 3.80. The number of carbonyl (C=O) groups excluding carboxylic acids is 2. The van der Waals surface area contributed by atoms with E-state index in [1.807, 2.05) is 12.1 Å². The standard InChI is InChI=1S/C12H14N2O3/c1-2-11(15)13-6-8-3-4-10-9(5-8)14-12(16)7-17-10/h3-5H,2,6-7H2,1H3,(H,13,15)(H,14,16). The van der Waals surface area contributed by atoms with E-state index in [0.717, 1.165) is 5.56 Å². The molecule has 2 amide bonds. The Labute approximate surface area is 99.2 Å². The molecule has 0 radical (unpaired) electrons. The number of hydrogen-bond acceptors (Lipinski definition) is 3. The quantitative estimate of drug-likeness (QED) is 0.821. The molecule has 90 valence electrons. The Balaban J connectivity index is 2.07. The highest BCUT2D eigenvalue weighted by Gasteiger charge is 2.15. The predicted molar refractivity (Wildman–Crippen MR) is 62.7 cm³/mol. The Morgan fingerprint density at radius 2 is 2.35 bits per heavy atom. The van der Waals surface area contributed by atoms with Crippen molar-refractivity contribution in [3.63, 3.8) is 0 Å². The molecule has 0 spiro atoms. The zero-order chi connectivity index (χ0) is 12.3. The SMILES string of the molecule is CCC(=O)NCc1ccc2c(c1)NC(=O)CO2. The minimum absolute atomic E-state index is 0.00278. The topological polar surface area (TPSA) is 67.4 Å². The Bertz CT molecular complexity index is 457. The molecule has 1 aromatic rings. The number of rotatable bonds is 3. The number of carbonyl (C=O) groups is 2. The maximum Gasteiger partial charge on any atom is 0.262 e. The molecule has 1 aliphatic rings. The molecule has 0 atom stereocenters. The van der Waals surface area contributed by atoms with Gasteiger partial charge in [-0.25, -0.2) is 0 Å². The van der Waals surface area contributed by atoms with Gasteiger partial charge in [0.05, 0.1) is 5.69 Å². The lowest BCUT2D eigenvalue weighted by Crippen LogP contribution is -2.26. The van der Waals surface area contributed by atoms with Crippen LogP contribution in [0.5, 0.6) is 5.75 Å². The van der Waals surface area contributed by atoms with E-state index in [-0.39, 0.29) is 18.4 Å². The summed E-state index contributed by atoms with van der Waals surface area (Å²) in [5, 5.41) is 5.50. The molecule has 2 rings (SSSR count). The van der Waals surface area contributed by atoms with E-state index in [1.54, 1.807) is 13.0 Å². The van der Waals surface area contributed by atoms with E-state index in [1.165, 1.54) is 0 Å². The van der Waals surface area contributed by atoms with E-state index >= 15 is 0 Å². The van der Waals surface area contributed by atoms with Gasteiger partial charge in [-0.15, -0.1) is 0 Å². The van der Waals surface area contributed by atoms with Crippen LogP contribution in [0.1, 0.15) is 18.9 Å². The number of benzene rings is 1. The molecule has 0 fully saturated rings. The smallest absolute Gasteiger partial charge is 0.262 e. The van der Waals surface area contributed by atoms with Gasteiger partial charge in [-0.2, -0.15) is 0 Å². The Morgan fingerprint density at radius 1 is 1.53 bits per heavy atom. The van der Waals surface area contributed by atoms with Crippen molar-refractivity contribution in [2.45, 2.75) is 19.9 Å². The molecular weight excluding hydrogens is 220 g/mol. The first-order valence-corrected chi connectivity index (χ1v) is 5.51. The summed E-state index contributed by atoms with van der Waals surface area (Å²) in [6.07, 6.45) is 0.463. The van der Waals surface area contributed by atoms with Crippen LogP contribution in [0, 0.1) is 0 Å². The Morgan fingerprint density at radius 3 is 3.12 bits per heavy atom. The number of nitrogens with one attached hydrogen (secondary N) is 2. The van der Waals surface area contributed by atoms with Crippen LogP contribution < -0.4 is 15.4 Å². The van der Waals surface area contributed by atoms with Crippen LogP contribution in [-0.2, 0) is 16.1 Å². The van der Waals surface area contributed by atoms with Gasteiger partial charge in [0.25, 0.3) is 5.91 Å². The largest absolute Gasteiger partial charge is 0.482 e. The zero-order valence-electron chi connectivity index (χ0n) is 9.58. The maximum atomic E-state index is 11.1. The van der Waals surface area contributed by atoms with Crippen LogP contribution in [0.2, 0.25) is 0 Å². The third-order valence-electron chi connectivity index (χ3n) is 2.49. The fourth-order valence-corrected chi connectivity index (χ4v) is 1.57.